The van der Waals surface area contributed by atoms with Crippen LogP contribution >= 0.6 is 0 Å². The fraction of sp³-hybridized carbons (Fsp3) is 0.533. The highest BCUT2D eigenvalue weighted by molar-refractivity contribution is 5.83. The molecule has 5 nitrogen and oxygen atoms in total. The minimum atomic E-state index is -0.904. The Balaban J connectivity index is 2.15. The molecule has 110 valence electrons. The topological polar surface area (TPSA) is 61.8 Å². The molecule has 1 aliphatic heterocycles. The second-order valence-electron chi connectivity index (χ2n) is 5.55. The summed E-state index contributed by atoms with van der Waals surface area (Å²) in [5, 5.41) is 12.8. The lowest BCUT2D eigenvalue weighted by Crippen LogP contribution is -2.49. The van der Waals surface area contributed by atoms with Crippen LogP contribution in [0.1, 0.15) is 20.3 Å². The Hall–Kier alpha value is -1.75. The van der Waals surface area contributed by atoms with Crippen LogP contribution in [-0.4, -0.2) is 47.8 Å². The number of benzene rings is 1. The first-order chi connectivity index (χ1) is 9.47. The van der Waals surface area contributed by atoms with Crippen LogP contribution in [0.4, 0.5) is 5.69 Å². The average molecular weight is 278 g/mol. The van der Waals surface area contributed by atoms with E-state index in [1.807, 2.05) is 24.3 Å². The molecule has 0 spiro atoms. The van der Waals surface area contributed by atoms with E-state index in [1.165, 1.54) is 0 Å². The van der Waals surface area contributed by atoms with E-state index in [9.17, 15) is 9.90 Å². The molecule has 0 aromatic heterocycles. The summed E-state index contributed by atoms with van der Waals surface area (Å²) in [5.41, 5.74) is -0.0995. The summed E-state index contributed by atoms with van der Waals surface area (Å²) in [4.78, 5) is 13.9. The summed E-state index contributed by atoms with van der Waals surface area (Å²) in [6.07, 6.45) is 0.604. The largest absolute Gasteiger partial charge is 0.497 e. The summed E-state index contributed by atoms with van der Waals surface area (Å²) in [7, 11) is 1.61. The second kappa shape index (κ2) is 5.71. The number of likely N-dealkylation sites (tertiary alicyclic amines) is 1. The van der Waals surface area contributed by atoms with Gasteiger partial charge in [0, 0.05) is 24.8 Å². The first-order valence-corrected chi connectivity index (χ1v) is 6.86. The molecule has 1 aromatic rings. The van der Waals surface area contributed by atoms with Crippen molar-refractivity contribution in [3.63, 3.8) is 0 Å². The van der Waals surface area contributed by atoms with Crippen molar-refractivity contribution in [3.05, 3.63) is 24.3 Å². The highest BCUT2D eigenvalue weighted by atomic mass is 16.5. The van der Waals surface area contributed by atoms with Crippen molar-refractivity contribution in [1.82, 2.24) is 4.90 Å². The lowest BCUT2D eigenvalue weighted by Gasteiger charge is -2.28. The molecule has 1 aliphatic rings. The molecule has 1 atom stereocenters. The molecule has 0 radical (unpaired) electrons. The molecule has 0 aliphatic carbocycles. The molecule has 0 bridgehead atoms. The molecule has 5 heteroatoms. The number of carbonyl (C=O) groups is 1. The SMILES string of the molecule is COc1ccc(NC2(C(=O)O)CCN(C(C)C)C2)cc1. The van der Waals surface area contributed by atoms with Gasteiger partial charge in [-0.25, -0.2) is 4.79 Å². The van der Waals surface area contributed by atoms with Gasteiger partial charge in [0.25, 0.3) is 0 Å². The van der Waals surface area contributed by atoms with E-state index in [2.05, 4.69) is 24.1 Å². The van der Waals surface area contributed by atoms with E-state index >= 15 is 0 Å². The zero-order valence-corrected chi connectivity index (χ0v) is 12.2. The monoisotopic (exact) mass is 278 g/mol. The van der Waals surface area contributed by atoms with Crippen molar-refractivity contribution in [1.29, 1.82) is 0 Å². The van der Waals surface area contributed by atoms with Crippen molar-refractivity contribution in [2.75, 3.05) is 25.5 Å². The maximum atomic E-state index is 11.7. The minimum absolute atomic E-state index is 0.355. The number of ether oxygens (including phenoxy) is 1. The smallest absolute Gasteiger partial charge is 0.330 e. The Morgan fingerprint density at radius 3 is 2.50 bits per heavy atom. The Labute approximate surface area is 119 Å². The van der Waals surface area contributed by atoms with Crippen LogP contribution in [0.15, 0.2) is 24.3 Å². The molecule has 0 saturated carbocycles. The lowest BCUT2D eigenvalue weighted by molar-refractivity contribution is -0.141. The Kier molecular flexibility index (Phi) is 4.18. The van der Waals surface area contributed by atoms with Gasteiger partial charge in [-0.05, 0) is 44.5 Å². The summed E-state index contributed by atoms with van der Waals surface area (Å²) < 4.78 is 5.11. The maximum Gasteiger partial charge on any atom is 0.330 e. The fourth-order valence-electron chi connectivity index (χ4n) is 2.56. The quantitative estimate of drug-likeness (QED) is 0.863. The molecule has 1 unspecified atom stereocenters. The van der Waals surface area contributed by atoms with Gasteiger partial charge in [-0.15, -0.1) is 0 Å². The van der Waals surface area contributed by atoms with Crippen molar-refractivity contribution in [2.24, 2.45) is 0 Å². The van der Waals surface area contributed by atoms with Crippen molar-refractivity contribution in [2.45, 2.75) is 31.8 Å². The molecule has 1 saturated heterocycles. The van der Waals surface area contributed by atoms with E-state index < -0.39 is 11.5 Å². The van der Waals surface area contributed by atoms with Crippen LogP contribution in [-0.2, 0) is 4.79 Å². The van der Waals surface area contributed by atoms with Crippen molar-refractivity contribution >= 4 is 11.7 Å². The first kappa shape index (κ1) is 14.7. The molecule has 2 rings (SSSR count). The minimum Gasteiger partial charge on any atom is -0.497 e. The van der Waals surface area contributed by atoms with Gasteiger partial charge in [0.15, 0.2) is 0 Å². The van der Waals surface area contributed by atoms with E-state index in [0.29, 0.717) is 19.0 Å². The van der Waals surface area contributed by atoms with Gasteiger partial charge < -0.3 is 15.2 Å². The van der Waals surface area contributed by atoms with Gasteiger partial charge in [-0.1, -0.05) is 0 Å². The molecule has 2 N–H and O–H groups in total. The number of rotatable bonds is 5. The first-order valence-electron chi connectivity index (χ1n) is 6.86. The number of hydrogen-bond donors (Lipinski definition) is 2. The van der Waals surface area contributed by atoms with E-state index in [0.717, 1.165) is 18.0 Å². The van der Waals surface area contributed by atoms with Crippen LogP contribution in [0.25, 0.3) is 0 Å². The van der Waals surface area contributed by atoms with Crippen LogP contribution in [0, 0.1) is 0 Å². The summed E-state index contributed by atoms with van der Waals surface area (Å²) in [6.45, 7) is 5.50. The highest BCUT2D eigenvalue weighted by Crippen LogP contribution is 2.28. The average Bonchev–Trinajstić information content (AvgIpc) is 2.85. The number of nitrogens with zero attached hydrogens (tertiary/aromatic N) is 1. The summed E-state index contributed by atoms with van der Waals surface area (Å²) >= 11 is 0. The molecular formula is C15H22N2O3. The van der Waals surface area contributed by atoms with Crippen molar-refractivity contribution < 1.29 is 14.6 Å². The summed E-state index contributed by atoms with van der Waals surface area (Å²) in [6, 6.07) is 7.71. The van der Waals surface area contributed by atoms with Crippen LogP contribution in [0.5, 0.6) is 5.75 Å². The number of carboxylic acid groups (broad SMARTS) is 1. The summed E-state index contributed by atoms with van der Waals surface area (Å²) in [5.74, 6) is -0.0355. The van der Waals surface area contributed by atoms with Gasteiger partial charge in [0.1, 0.15) is 11.3 Å². The molecule has 20 heavy (non-hydrogen) atoms. The van der Waals surface area contributed by atoms with E-state index in [1.54, 1.807) is 7.11 Å². The van der Waals surface area contributed by atoms with Gasteiger partial charge in [-0.3, -0.25) is 4.90 Å². The molecular weight excluding hydrogens is 256 g/mol. The number of nitrogens with one attached hydrogen (secondary N) is 1. The third-order valence-corrected chi connectivity index (χ3v) is 3.91. The predicted molar refractivity (Wildman–Crippen MR) is 78.3 cm³/mol. The van der Waals surface area contributed by atoms with Crippen molar-refractivity contribution in [3.8, 4) is 5.75 Å². The third-order valence-electron chi connectivity index (χ3n) is 3.91. The lowest BCUT2D eigenvalue weighted by atomic mass is 9.98. The Morgan fingerprint density at radius 2 is 2.05 bits per heavy atom. The number of hydrogen-bond acceptors (Lipinski definition) is 4. The van der Waals surface area contributed by atoms with Crippen LogP contribution in [0.3, 0.4) is 0 Å². The number of methoxy groups -OCH3 is 1. The second-order valence-corrected chi connectivity index (χ2v) is 5.55. The maximum absolute atomic E-state index is 11.7. The zero-order valence-electron chi connectivity index (χ0n) is 12.2. The van der Waals surface area contributed by atoms with Gasteiger partial charge in [0.05, 0.1) is 7.11 Å². The third kappa shape index (κ3) is 2.88. The standard InChI is InChI=1S/C15H22N2O3/c1-11(2)17-9-8-15(10-17,14(18)19)16-12-4-6-13(20-3)7-5-12/h4-7,11,16H,8-10H2,1-3H3,(H,18,19). The number of carboxylic acids is 1. The van der Waals surface area contributed by atoms with E-state index in [4.69, 9.17) is 4.74 Å². The van der Waals surface area contributed by atoms with Gasteiger partial charge in [0.2, 0.25) is 0 Å². The fourth-order valence-corrected chi connectivity index (χ4v) is 2.56. The number of aliphatic carboxylic acids is 1. The predicted octanol–water partition coefficient (Wildman–Crippen LogP) is 2.04. The van der Waals surface area contributed by atoms with Crippen LogP contribution < -0.4 is 10.1 Å². The Morgan fingerprint density at radius 1 is 1.40 bits per heavy atom. The molecule has 1 fully saturated rings. The molecule has 1 heterocycles. The number of anilines is 1. The zero-order chi connectivity index (χ0) is 14.8. The van der Waals surface area contributed by atoms with E-state index in [-0.39, 0.29) is 0 Å². The highest BCUT2D eigenvalue weighted by Gasteiger charge is 2.45. The van der Waals surface area contributed by atoms with Gasteiger partial charge >= 0.3 is 5.97 Å². The molecule has 1 aromatic carbocycles. The van der Waals surface area contributed by atoms with Crippen LogP contribution in [0.2, 0.25) is 0 Å². The molecule has 0 amide bonds. The van der Waals surface area contributed by atoms with Gasteiger partial charge in [-0.2, -0.15) is 0 Å². The normalized spacial score (nSPS) is 23.0. The Bertz CT molecular complexity index is 473.